The molecular formula is C18H30N2O. The summed E-state index contributed by atoms with van der Waals surface area (Å²) < 4.78 is 5.94. The normalized spacial score (nSPS) is 22.9. The topological polar surface area (TPSA) is 38.5 Å². The van der Waals surface area contributed by atoms with Gasteiger partial charge in [-0.1, -0.05) is 44.2 Å². The van der Waals surface area contributed by atoms with Crippen LogP contribution in [0, 0.1) is 0 Å². The number of nitrogens with zero attached hydrogens (tertiary/aromatic N) is 1. The second-order valence-electron chi connectivity index (χ2n) is 6.50. The van der Waals surface area contributed by atoms with Gasteiger partial charge < -0.3 is 10.5 Å². The van der Waals surface area contributed by atoms with E-state index in [2.05, 4.69) is 49.1 Å². The number of likely N-dealkylation sites (tertiary alicyclic amines) is 1. The van der Waals surface area contributed by atoms with E-state index in [1.54, 1.807) is 0 Å². The third-order valence-electron chi connectivity index (χ3n) is 4.51. The molecule has 0 spiro atoms. The third-order valence-corrected chi connectivity index (χ3v) is 4.51. The van der Waals surface area contributed by atoms with Gasteiger partial charge in [-0.25, -0.2) is 0 Å². The highest BCUT2D eigenvalue weighted by atomic mass is 16.5. The Bertz CT molecular complexity index is 409. The predicted octanol–water partition coefficient (Wildman–Crippen LogP) is 2.79. The summed E-state index contributed by atoms with van der Waals surface area (Å²) in [7, 11) is 0. The van der Waals surface area contributed by atoms with Gasteiger partial charge in [0.2, 0.25) is 0 Å². The fourth-order valence-corrected chi connectivity index (χ4v) is 3.19. The Labute approximate surface area is 129 Å². The molecule has 0 aromatic heterocycles. The van der Waals surface area contributed by atoms with E-state index in [0.717, 1.165) is 32.7 Å². The minimum absolute atomic E-state index is 0.0217. The van der Waals surface area contributed by atoms with Crippen molar-refractivity contribution in [2.24, 2.45) is 5.73 Å². The molecule has 1 heterocycles. The second kappa shape index (κ2) is 7.92. The van der Waals surface area contributed by atoms with Crippen molar-refractivity contribution < 1.29 is 4.74 Å². The van der Waals surface area contributed by atoms with Crippen LogP contribution >= 0.6 is 0 Å². The minimum Gasteiger partial charge on any atom is -0.377 e. The van der Waals surface area contributed by atoms with Crippen molar-refractivity contribution in [3.05, 3.63) is 35.9 Å². The third kappa shape index (κ3) is 4.53. The SMILES string of the molecule is CCCOC1CCCN(CC(C)(CN)c2ccccc2)C1. The average molecular weight is 290 g/mol. The first kappa shape index (κ1) is 16.5. The number of benzene rings is 1. The number of rotatable bonds is 7. The lowest BCUT2D eigenvalue weighted by Crippen LogP contribution is -2.49. The van der Waals surface area contributed by atoms with E-state index in [0.29, 0.717) is 12.6 Å². The summed E-state index contributed by atoms with van der Waals surface area (Å²) in [4.78, 5) is 2.53. The van der Waals surface area contributed by atoms with Crippen molar-refractivity contribution in [2.45, 2.75) is 44.6 Å². The van der Waals surface area contributed by atoms with Crippen LogP contribution < -0.4 is 5.73 Å². The van der Waals surface area contributed by atoms with E-state index < -0.39 is 0 Å². The predicted molar refractivity (Wildman–Crippen MR) is 88.6 cm³/mol. The first-order chi connectivity index (χ1) is 10.2. The van der Waals surface area contributed by atoms with Crippen molar-refractivity contribution in [2.75, 3.05) is 32.8 Å². The van der Waals surface area contributed by atoms with Crippen LogP contribution in [0.15, 0.2) is 30.3 Å². The van der Waals surface area contributed by atoms with E-state index in [1.807, 2.05) is 0 Å². The van der Waals surface area contributed by atoms with Gasteiger partial charge in [-0.15, -0.1) is 0 Å². The summed E-state index contributed by atoms with van der Waals surface area (Å²) in [6, 6.07) is 10.7. The van der Waals surface area contributed by atoms with Crippen LogP contribution in [0.2, 0.25) is 0 Å². The quantitative estimate of drug-likeness (QED) is 0.839. The molecule has 2 unspecified atom stereocenters. The van der Waals surface area contributed by atoms with E-state index in [-0.39, 0.29) is 5.41 Å². The lowest BCUT2D eigenvalue weighted by molar-refractivity contribution is -0.00485. The van der Waals surface area contributed by atoms with E-state index in [4.69, 9.17) is 10.5 Å². The molecule has 0 bridgehead atoms. The first-order valence-corrected chi connectivity index (χ1v) is 8.27. The molecular weight excluding hydrogens is 260 g/mol. The van der Waals surface area contributed by atoms with Crippen molar-refractivity contribution >= 4 is 0 Å². The van der Waals surface area contributed by atoms with Crippen LogP contribution in [0.3, 0.4) is 0 Å². The highest BCUT2D eigenvalue weighted by molar-refractivity contribution is 5.25. The van der Waals surface area contributed by atoms with Crippen LogP contribution in [-0.4, -0.2) is 43.8 Å². The molecule has 3 heteroatoms. The Morgan fingerprint density at radius 1 is 1.33 bits per heavy atom. The molecule has 1 aromatic carbocycles. The molecule has 1 saturated heterocycles. The summed E-state index contributed by atoms with van der Waals surface area (Å²) in [6.07, 6.45) is 3.92. The summed E-state index contributed by atoms with van der Waals surface area (Å²) in [5.74, 6) is 0. The maximum absolute atomic E-state index is 6.11. The van der Waals surface area contributed by atoms with Gasteiger partial charge in [-0.05, 0) is 31.4 Å². The van der Waals surface area contributed by atoms with Gasteiger partial charge in [-0.3, -0.25) is 4.90 Å². The van der Waals surface area contributed by atoms with Crippen molar-refractivity contribution in [3.63, 3.8) is 0 Å². The molecule has 3 nitrogen and oxygen atoms in total. The van der Waals surface area contributed by atoms with Gasteiger partial charge in [-0.2, -0.15) is 0 Å². The van der Waals surface area contributed by atoms with Crippen molar-refractivity contribution in [1.29, 1.82) is 0 Å². The van der Waals surface area contributed by atoms with E-state index in [9.17, 15) is 0 Å². The first-order valence-electron chi connectivity index (χ1n) is 8.27. The molecule has 1 aliphatic rings. The standard InChI is InChI=1S/C18H30N2O/c1-3-12-21-17-10-7-11-20(13-17)15-18(2,14-19)16-8-5-4-6-9-16/h4-6,8-9,17H,3,7,10-15,19H2,1-2H3. The smallest absolute Gasteiger partial charge is 0.0702 e. The number of nitrogens with two attached hydrogens (primary N) is 1. The Morgan fingerprint density at radius 3 is 2.76 bits per heavy atom. The fourth-order valence-electron chi connectivity index (χ4n) is 3.19. The largest absolute Gasteiger partial charge is 0.377 e. The highest BCUT2D eigenvalue weighted by Crippen LogP contribution is 2.25. The molecule has 2 rings (SSSR count). The molecule has 1 aromatic rings. The summed E-state index contributed by atoms with van der Waals surface area (Å²) >= 11 is 0. The highest BCUT2D eigenvalue weighted by Gasteiger charge is 2.30. The van der Waals surface area contributed by atoms with Crippen LogP contribution in [-0.2, 0) is 10.2 Å². The number of piperidine rings is 1. The molecule has 21 heavy (non-hydrogen) atoms. The van der Waals surface area contributed by atoms with Crippen LogP contribution in [0.25, 0.3) is 0 Å². The van der Waals surface area contributed by atoms with Gasteiger partial charge >= 0.3 is 0 Å². The second-order valence-corrected chi connectivity index (χ2v) is 6.50. The molecule has 0 aliphatic carbocycles. The maximum atomic E-state index is 6.11. The lowest BCUT2D eigenvalue weighted by atomic mass is 9.81. The fraction of sp³-hybridized carbons (Fsp3) is 0.667. The molecule has 2 atom stereocenters. The average Bonchev–Trinajstić information content (AvgIpc) is 2.54. The van der Waals surface area contributed by atoms with Gasteiger partial charge in [0.15, 0.2) is 0 Å². The Morgan fingerprint density at radius 2 is 2.10 bits per heavy atom. The Kier molecular flexibility index (Phi) is 6.22. The summed E-state index contributed by atoms with van der Waals surface area (Å²) in [5.41, 5.74) is 7.47. The zero-order valence-corrected chi connectivity index (χ0v) is 13.6. The Balaban J connectivity index is 1.98. The Hall–Kier alpha value is -0.900. The molecule has 118 valence electrons. The van der Waals surface area contributed by atoms with Gasteiger partial charge in [0.05, 0.1) is 6.10 Å². The molecule has 0 amide bonds. The molecule has 1 fully saturated rings. The number of hydrogen-bond acceptors (Lipinski definition) is 3. The summed E-state index contributed by atoms with van der Waals surface area (Å²) in [6.45, 7) is 9.22. The number of hydrogen-bond donors (Lipinski definition) is 1. The van der Waals surface area contributed by atoms with Gasteiger partial charge in [0.25, 0.3) is 0 Å². The monoisotopic (exact) mass is 290 g/mol. The van der Waals surface area contributed by atoms with Crippen LogP contribution in [0.4, 0.5) is 0 Å². The van der Waals surface area contributed by atoms with Crippen molar-refractivity contribution in [1.82, 2.24) is 4.90 Å². The van der Waals surface area contributed by atoms with Crippen molar-refractivity contribution in [3.8, 4) is 0 Å². The zero-order chi connectivity index (χ0) is 15.1. The van der Waals surface area contributed by atoms with Crippen LogP contribution in [0.5, 0.6) is 0 Å². The van der Waals surface area contributed by atoms with E-state index in [1.165, 1.54) is 18.4 Å². The van der Waals surface area contributed by atoms with Gasteiger partial charge in [0.1, 0.15) is 0 Å². The molecule has 0 radical (unpaired) electrons. The molecule has 1 aliphatic heterocycles. The molecule has 0 saturated carbocycles. The minimum atomic E-state index is 0.0217. The maximum Gasteiger partial charge on any atom is 0.0702 e. The van der Waals surface area contributed by atoms with Crippen LogP contribution in [0.1, 0.15) is 38.7 Å². The van der Waals surface area contributed by atoms with E-state index >= 15 is 0 Å². The molecule has 2 N–H and O–H groups in total. The van der Waals surface area contributed by atoms with Gasteiger partial charge in [0, 0.05) is 31.7 Å². The summed E-state index contributed by atoms with van der Waals surface area (Å²) in [5, 5.41) is 0. The lowest BCUT2D eigenvalue weighted by Gasteiger charge is -2.39. The zero-order valence-electron chi connectivity index (χ0n) is 13.6. The number of ether oxygens (including phenoxy) is 1.